The van der Waals surface area contributed by atoms with Crippen LogP contribution >= 0.6 is 0 Å². The predicted octanol–water partition coefficient (Wildman–Crippen LogP) is 2.47. The van der Waals surface area contributed by atoms with Crippen LogP contribution in [-0.2, 0) is 11.2 Å². The first-order valence-electron chi connectivity index (χ1n) is 10.7. The monoisotopic (exact) mass is 423 g/mol. The van der Waals surface area contributed by atoms with Gasteiger partial charge in [0, 0.05) is 38.2 Å². The van der Waals surface area contributed by atoms with E-state index in [2.05, 4.69) is 24.3 Å². The van der Waals surface area contributed by atoms with E-state index < -0.39 is 5.91 Å². The van der Waals surface area contributed by atoms with Crippen LogP contribution in [0.4, 0.5) is 5.69 Å². The van der Waals surface area contributed by atoms with E-state index >= 15 is 0 Å². The van der Waals surface area contributed by atoms with Crippen molar-refractivity contribution in [1.82, 2.24) is 14.7 Å². The normalized spacial score (nSPS) is 17.7. The molecule has 3 N–H and O–H groups in total. The molecule has 0 radical (unpaired) electrons. The van der Waals surface area contributed by atoms with E-state index in [1.165, 1.54) is 0 Å². The maximum absolute atomic E-state index is 12.7. The number of fused-ring (bicyclic) bond motifs is 1. The lowest BCUT2D eigenvalue weighted by Crippen LogP contribution is -2.30. The largest absolute Gasteiger partial charge is 0.383 e. The number of ketones is 1. The fraction of sp³-hybridized carbons (Fsp3) is 0.478. The van der Waals surface area contributed by atoms with Gasteiger partial charge in [0.25, 0.3) is 5.91 Å². The summed E-state index contributed by atoms with van der Waals surface area (Å²) >= 11 is 0. The second-order valence-electron chi connectivity index (χ2n) is 9.27. The lowest BCUT2D eigenvalue weighted by atomic mass is 9.75. The van der Waals surface area contributed by atoms with Crippen LogP contribution in [0, 0.1) is 12.3 Å². The Kier molecular flexibility index (Phi) is 5.33. The Hall–Kier alpha value is -3.16. The van der Waals surface area contributed by atoms with Crippen LogP contribution in [0.1, 0.15) is 65.2 Å². The van der Waals surface area contributed by atoms with Gasteiger partial charge in [-0.3, -0.25) is 14.4 Å². The minimum absolute atomic E-state index is 0.111. The molecular weight excluding hydrogens is 394 g/mol. The summed E-state index contributed by atoms with van der Waals surface area (Å²) in [5.74, 6) is -0.265. The average Bonchev–Trinajstić information content (AvgIpc) is 3.24. The van der Waals surface area contributed by atoms with E-state index in [4.69, 9.17) is 5.73 Å². The highest BCUT2D eigenvalue weighted by atomic mass is 16.2. The number of rotatable bonds is 6. The number of benzene rings is 1. The van der Waals surface area contributed by atoms with E-state index in [1.807, 2.05) is 17.9 Å². The van der Waals surface area contributed by atoms with Crippen molar-refractivity contribution in [3.63, 3.8) is 0 Å². The molecule has 2 heterocycles. The Balaban J connectivity index is 1.62. The van der Waals surface area contributed by atoms with Gasteiger partial charge >= 0.3 is 0 Å². The van der Waals surface area contributed by atoms with Crippen LogP contribution in [0.15, 0.2) is 18.2 Å². The van der Waals surface area contributed by atoms with Crippen molar-refractivity contribution in [3.8, 4) is 5.69 Å². The molecule has 2 amide bonds. The lowest BCUT2D eigenvalue weighted by Gasteiger charge is -2.29. The molecule has 0 saturated carbocycles. The molecule has 1 aliphatic carbocycles. The number of anilines is 1. The fourth-order valence-electron chi connectivity index (χ4n) is 4.64. The van der Waals surface area contributed by atoms with Gasteiger partial charge in [-0.1, -0.05) is 13.8 Å². The molecule has 1 aromatic heterocycles. The maximum Gasteiger partial charge on any atom is 0.250 e. The van der Waals surface area contributed by atoms with Gasteiger partial charge in [-0.25, -0.2) is 4.68 Å². The van der Waals surface area contributed by atoms with Gasteiger partial charge in [0.15, 0.2) is 5.78 Å². The Labute approximate surface area is 181 Å². The Morgan fingerprint density at radius 1 is 1.26 bits per heavy atom. The molecule has 0 atom stereocenters. The molecule has 8 heteroatoms. The average molecular weight is 424 g/mol. The standard InChI is InChI=1S/C23H29N5O3/c1-14-21-18(12-23(2,3)13-19(21)29)28(26-14)15-6-7-17(16(11-15)22(24)31)25-8-10-27-9-4-5-20(27)30/h6-7,11,25H,4-5,8-10,12-13H2,1-3H3,(H2,24,31). The fourth-order valence-corrected chi connectivity index (χ4v) is 4.64. The third-order valence-electron chi connectivity index (χ3n) is 6.10. The van der Waals surface area contributed by atoms with Crippen molar-refractivity contribution in [2.75, 3.05) is 25.0 Å². The van der Waals surface area contributed by atoms with E-state index in [0.717, 1.165) is 25.1 Å². The smallest absolute Gasteiger partial charge is 0.250 e. The predicted molar refractivity (Wildman–Crippen MR) is 118 cm³/mol. The number of aromatic nitrogens is 2. The number of nitrogens with two attached hydrogens (primary N) is 1. The minimum atomic E-state index is -0.546. The SMILES string of the molecule is Cc1nn(-c2ccc(NCCN3CCCC3=O)c(C(N)=O)c2)c2c1C(=O)CC(C)(C)C2. The van der Waals surface area contributed by atoms with Crippen LogP contribution in [-0.4, -0.2) is 51.9 Å². The highest BCUT2D eigenvalue weighted by Gasteiger charge is 2.35. The van der Waals surface area contributed by atoms with Gasteiger partial charge in [0.1, 0.15) is 0 Å². The second kappa shape index (κ2) is 7.83. The number of amides is 2. The second-order valence-corrected chi connectivity index (χ2v) is 9.27. The molecule has 164 valence electrons. The van der Waals surface area contributed by atoms with Crippen LogP contribution in [0.2, 0.25) is 0 Å². The number of hydrogen-bond acceptors (Lipinski definition) is 5. The van der Waals surface area contributed by atoms with Gasteiger partial charge in [-0.2, -0.15) is 5.10 Å². The van der Waals surface area contributed by atoms with Gasteiger partial charge in [0.2, 0.25) is 5.91 Å². The van der Waals surface area contributed by atoms with Gasteiger partial charge in [-0.05, 0) is 43.4 Å². The van der Waals surface area contributed by atoms with Crippen LogP contribution in [0.3, 0.4) is 0 Å². The molecule has 1 saturated heterocycles. The molecule has 31 heavy (non-hydrogen) atoms. The highest BCUT2D eigenvalue weighted by molar-refractivity contribution is 6.00. The number of nitrogens with one attached hydrogen (secondary N) is 1. The van der Waals surface area contributed by atoms with Crippen molar-refractivity contribution < 1.29 is 14.4 Å². The summed E-state index contributed by atoms with van der Waals surface area (Å²) in [7, 11) is 0. The Morgan fingerprint density at radius 2 is 2.03 bits per heavy atom. The zero-order valence-corrected chi connectivity index (χ0v) is 18.3. The van der Waals surface area contributed by atoms with Crippen molar-refractivity contribution in [3.05, 3.63) is 40.7 Å². The molecule has 1 aromatic carbocycles. The summed E-state index contributed by atoms with van der Waals surface area (Å²) in [6.45, 7) is 7.89. The Bertz CT molecular complexity index is 1070. The molecule has 0 spiro atoms. The molecule has 8 nitrogen and oxygen atoms in total. The summed E-state index contributed by atoms with van der Waals surface area (Å²) < 4.78 is 1.77. The number of primary amides is 1. The van der Waals surface area contributed by atoms with E-state index in [1.54, 1.807) is 16.8 Å². The molecule has 2 aromatic rings. The summed E-state index contributed by atoms with van der Waals surface area (Å²) in [6.07, 6.45) is 2.73. The first-order valence-corrected chi connectivity index (χ1v) is 10.7. The number of carbonyl (C=O) groups excluding carboxylic acids is 3. The molecule has 1 aliphatic heterocycles. The lowest BCUT2D eigenvalue weighted by molar-refractivity contribution is -0.127. The molecule has 4 rings (SSSR count). The number of likely N-dealkylation sites (tertiary alicyclic amines) is 1. The van der Waals surface area contributed by atoms with E-state index in [-0.39, 0.29) is 17.1 Å². The molecule has 0 unspecified atom stereocenters. The van der Waals surface area contributed by atoms with Gasteiger partial charge < -0.3 is 16.0 Å². The highest BCUT2D eigenvalue weighted by Crippen LogP contribution is 2.37. The van der Waals surface area contributed by atoms with E-state index in [0.29, 0.717) is 54.1 Å². The van der Waals surface area contributed by atoms with Crippen LogP contribution in [0.5, 0.6) is 0 Å². The van der Waals surface area contributed by atoms with Gasteiger partial charge in [0.05, 0.1) is 28.2 Å². The zero-order valence-electron chi connectivity index (χ0n) is 18.3. The molecule has 0 bridgehead atoms. The van der Waals surface area contributed by atoms with Crippen molar-refractivity contribution in [2.24, 2.45) is 11.1 Å². The number of carbonyl (C=O) groups is 3. The third-order valence-corrected chi connectivity index (χ3v) is 6.10. The summed E-state index contributed by atoms with van der Waals surface area (Å²) in [5, 5.41) is 7.84. The number of Topliss-reactive ketones (excluding diaryl/α,β-unsaturated/α-hetero) is 1. The van der Waals surface area contributed by atoms with Crippen molar-refractivity contribution in [1.29, 1.82) is 0 Å². The van der Waals surface area contributed by atoms with Crippen molar-refractivity contribution in [2.45, 2.75) is 46.5 Å². The van der Waals surface area contributed by atoms with Crippen LogP contribution in [0.25, 0.3) is 5.69 Å². The topological polar surface area (TPSA) is 110 Å². The summed E-state index contributed by atoms with van der Waals surface area (Å²) in [4.78, 5) is 38.4. The van der Waals surface area contributed by atoms with Gasteiger partial charge in [-0.15, -0.1) is 0 Å². The summed E-state index contributed by atoms with van der Waals surface area (Å²) in [5.41, 5.74) is 9.46. The number of aryl methyl sites for hydroxylation is 1. The first kappa shape index (κ1) is 21.1. The molecule has 2 aliphatic rings. The van der Waals surface area contributed by atoms with Crippen molar-refractivity contribution >= 4 is 23.3 Å². The first-order chi connectivity index (χ1) is 14.7. The quantitative estimate of drug-likeness (QED) is 0.742. The summed E-state index contributed by atoms with van der Waals surface area (Å²) in [6, 6.07) is 5.39. The van der Waals surface area contributed by atoms with E-state index in [9.17, 15) is 14.4 Å². The maximum atomic E-state index is 12.7. The minimum Gasteiger partial charge on any atom is -0.383 e. The zero-order chi connectivity index (χ0) is 22.3. The third kappa shape index (κ3) is 4.06. The number of hydrogen-bond donors (Lipinski definition) is 2. The number of nitrogens with zero attached hydrogens (tertiary/aromatic N) is 3. The molecular formula is C23H29N5O3. The van der Waals surface area contributed by atoms with Crippen LogP contribution < -0.4 is 11.1 Å². The Morgan fingerprint density at radius 3 is 2.71 bits per heavy atom. The molecule has 1 fully saturated rings.